The summed E-state index contributed by atoms with van der Waals surface area (Å²) >= 11 is 4.56. The zero-order valence-corrected chi connectivity index (χ0v) is 29.6. The summed E-state index contributed by atoms with van der Waals surface area (Å²) < 4.78 is 6.18. The van der Waals surface area contributed by atoms with Crippen LogP contribution in [-0.2, 0) is 6.42 Å². The first kappa shape index (κ1) is 33.5. The van der Waals surface area contributed by atoms with Crippen LogP contribution < -0.4 is 37.0 Å². The molecule has 0 spiro atoms. The van der Waals surface area contributed by atoms with E-state index < -0.39 is 5.31 Å². The fourth-order valence-corrected chi connectivity index (χ4v) is 14.1. The Labute approximate surface area is 292 Å². The number of unbranched alkanes of at least 4 members (excludes halogenated alkanes) is 2. The number of ether oxygens (including phenoxy) is 1. The summed E-state index contributed by atoms with van der Waals surface area (Å²) in [6.45, 7) is 1.31. The van der Waals surface area contributed by atoms with Gasteiger partial charge in [-0.25, -0.2) is 0 Å². The third kappa shape index (κ3) is 7.64. The molecule has 0 aliphatic carbocycles. The smallest absolute Gasteiger partial charge is 0.297 e. The van der Waals surface area contributed by atoms with Crippen LogP contribution in [0, 0.1) is 0 Å². The van der Waals surface area contributed by atoms with Gasteiger partial charge in [0, 0.05) is 6.54 Å². The van der Waals surface area contributed by atoms with Crippen molar-refractivity contribution in [2.75, 3.05) is 19.3 Å². The molecule has 0 saturated carbocycles. The van der Waals surface area contributed by atoms with E-state index in [4.69, 9.17) is 10.5 Å². The van der Waals surface area contributed by atoms with Gasteiger partial charge in [0.15, 0.2) is 11.9 Å². The molecule has 0 amide bonds. The Kier molecular flexibility index (Phi) is 10.9. The van der Waals surface area contributed by atoms with E-state index in [1.807, 2.05) is 42.5 Å². The van der Waals surface area contributed by atoms with Crippen molar-refractivity contribution in [1.29, 1.82) is 0 Å². The van der Waals surface area contributed by atoms with Crippen LogP contribution in [0.5, 0.6) is 5.75 Å². The van der Waals surface area contributed by atoms with E-state index in [1.165, 1.54) is 21.5 Å². The molecule has 1 unspecified atom stereocenters. The molecule has 4 N–H and O–H groups in total. The first-order valence-corrected chi connectivity index (χ1v) is 21.0. The Morgan fingerprint density at radius 2 is 1.23 bits per heavy atom. The summed E-state index contributed by atoms with van der Waals surface area (Å²) in [5.74, 6) is 1.83. The van der Waals surface area contributed by atoms with E-state index in [9.17, 15) is 0 Å². The van der Waals surface area contributed by atoms with Gasteiger partial charge < -0.3 is 5.73 Å². The normalized spacial score (nSPS) is 16.2. The van der Waals surface area contributed by atoms with Gasteiger partial charge in [-0.05, 0) is 12.0 Å². The van der Waals surface area contributed by atoms with Crippen molar-refractivity contribution in [3.8, 4) is 5.75 Å². The molecule has 0 saturated heterocycles. The Morgan fingerprint density at radius 1 is 0.688 bits per heavy atom. The van der Waals surface area contributed by atoms with Crippen molar-refractivity contribution >= 4 is 48.6 Å². The molecular weight excluding hydrogens is 677 g/mol. The second kappa shape index (κ2) is 15.6. The predicted octanol–water partition coefficient (Wildman–Crippen LogP) is 7.18. The SMILES string of the molecule is NC1=NC(c2ccc(OCCCCCP(Br)(c3ccccc3)(c3ccccc3)c3ccccc3)cc2)NC(=NCCc2ccccc2)N1. The van der Waals surface area contributed by atoms with Crippen molar-refractivity contribution in [1.82, 2.24) is 10.6 Å². The third-order valence-corrected chi connectivity index (χ3v) is 18.9. The topological polar surface area (TPSA) is 84.0 Å². The molecule has 0 aromatic heterocycles. The van der Waals surface area contributed by atoms with E-state index in [2.05, 4.69) is 139 Å². The van der Waals surface area contributed by atoms with Gasteiger partial charge >= 0.3 is 217 Å². The van der Waals surface area contributed by atoms with E-state index in [0.29, 0.717) is 25.1 Å². The molecule has 5 aromatic rings. The number of nitrogens with two attached hydrogens (primary N) is 1. The molecule has 1 atom stereocenters. The molecular formula is C40H43BrN5OP. The Balaban J connectivity index is 1.05. The minimum Gasteiger partial charge on any atom is -0.297 e. The minimum atomic E-state index is -2.89. The van der Waals surface area contributed by atoms with Gasteiger partial charge in [-0.2, -0.15) is 0 Å². The predicted molar refractivity (Wildman–Crippen MR) is 208 cm³/mol. The molecule has 1 aliphatic rings. The van der Waals surface area contributed by atoms with E-state index in [1.54, 1.807) is 0 Å². The molecule has 6 rings (SSSR count). The van der Waals surface area contributed by atoms with Gasteiger partial charge in [-0.1, -0.05) is 30.3 Å². The van der Waals surface area contributed by atoms with Crippen LogP contribution in [-0.4, -0.2) is 31.2 Å². The number of hydrogen-bond acceptors (Lipinski definition) is 4. The van der Waals surface area contributed by atoms with E-state index >= 15 is 0 Å². The summed E-state index contributed by atoms with van der Waals surface area (Å²) in [7, 11) is 0. The number of nitrogens with zero attached hydrogens (tertiary/aromatic N) is 2. The standard InChI is InChI=1S/C40H43BrN5OP/c41-48(35-18-8-2-9-19-35,36-20-10-3-11-21-36,37-22-12-4-13-23-37)31-15-5-14-30-47-34-26-24-33(25-27-34)38-44-39(42)46-40(45-38)43-29-28-32-16-6-1-7-17-32/h1-4,6-13,16-27,38H,5,14-15,28-31H2,(H4,42,43,44,45,46). The van der Waals surface area contributed by atoms with Crippen molar-refractivity contribution in [2.45, 2.75) is 31.8 Å². The number of guanidine groups is 2. The van der Waals surface area contributed by atoms with Gasteiger partial charge in [-0.3, -0.25) is 10.3 Å². The Hall–Kier alpha value is -4.45. The molecule has 0 fully saturated rings. The number of aliphatic imine (C=N–C) groups is 2. The first-order valence-electron chi connectivity index (χ1n) is 16.6. The third-order valence-electron chi connectivity index (χ3n) is 8.87. The van der Waals surface area contributed by atoms with Crippen LogP contribution in [0.3, 0.4) is 0 Å². The van der Waals surface area contributed by atoms with Crippen LogP contribution in [0.1, 0.15) is 36.6 Å². The number of benzene rings is 5. The zero-order chi connectivity index (χ0) is 33.1. The number of hydrogen-bond donors (Lipinski definition) is 3. The molecule has 0 radical (unpaired) electrons. The van der Waals surface area contributed by atoms with Crippen LogP contribution in [0.2, 0.25) is 0 Å². The molecule has 8 heteroatoms. The van der Waals surface area contributed by atoms with Crippen molar-refractivity contribution < 1.29 is 4.74 Å². The van der Waals surface area contributed by atoms with Crippen LogP contribution in [0.25, 0.3) is 0 Å². The van der Waals surface area contributed by atoms with Gasteiger partial charge in [0.25, 0.3) is 0 Å². The number of rotatable bonds is 14. The van der Waals surface area contributed by atoms with Crippen LogP contribution in [0.15, 0.2) is 156 Å². The average molecular weight is 721 g/mol. The fourth-order valence-electron chi connectivity index (χ4n) is 6.35. The second-order valence-corrected chi connectivity index (χ2v) is 21.1. The molecule has 1 heterocycles. The second-order valence-electron chi connectivity index (χ2n) is 12.0. The average Bonchev–Trinajstić information content (AvgIpc) is 3.14. The Bertz CT molecular complexity index is 1700. The molecule has 5 aromatic carbocycles. The van der Waals surface area contributed by atoms with Crippen LogP contribution in [0.4, 0.5) is 0 Å². The molecule has 48 heavy (non-hydrogen) atoms. The van der Waals surface area contributed by atoms with Crippen molar-refractivity contribution in [3.63, 3.8) is 0 Å². The van der Waals surface area contributed by atoms with Crippen LogP contribution >= 0.6 is 20.8 Å². The Morgan fingerprint density at radius 3 is 1.79 bits per heavy atom. The van der Waals surface area contributed by atoms with Gasteiger partial charge in [-0.15, -0.1) is 0 Å². The molecule has 6 nitrogen and oxygen atoms in total. The van der Waals surface area contributed by atoms with Gasteiger partial charge in [0.05, 0.1) is 0 Å². The van der Waals surface area contributed by atoms with Gasteiger partial charge in [0.1, 0.15) is 0 Å². The monoisotopic (exact) mass is 719 g/mol. The summed E-state index contributed by atoms with van der Waals surface area (Å²) in [4.78, 5) is 9.20. The maximum atomic E-state index is 6.18. The maximum absolute atomic E-state index is 6.18. The van der Waals surface area contributed by atoms with E-state index in [0.717, 1.165) is 43.2 Å². The summed E-state index contributed by atoms with van der Waals surface area (Å²) in [6, 6.07) is 51.4. The zero-order valence-electron chi connectivity index (χ0n) is 27.1. The minimum absolute atomic E-state index is 0.310. The first-order chi connectivity index (χ1) is 23.5. The van der Waals surface area contributed by atoms with Crippen molar-refractivity contribution in [3.05, 3.63) is 157 Å². The fraction of sp³-hybridized carbons (Fsp3) is 0.200. The summed E-state index contributed by atoms with van der Waals surface area (Å²) in [5, 5.41) is 7.58. The molecule has 0 bridgehead atoms. The summed E-state index contributed by atoms with van der Waals surface area (Å²) in [5.41, 5.74) is 8.34. The molecule has 246 valence electrons. The van der Waals surface area contributed by atoms with Gasteiger partial charge in [0.2, 0.25) is 0 Å². The summed E-state index contributed by atoms with van der Waals surface area (Å²) in [6.07, 6.45) is 4.68. The van der Waals surface area contributed by atoms with E-state index in [-0.39, 0.29) is 6.17 Å². The van der Waals surface area contributed by atoms with Crippen molar-refractivity contribution in [2.24, 2.45) is 15.7 Å². The number of nitrogens with one attached hydrogen (secondary N) is 2. The quantitative estimate of drug-likeness (QED) is 0.0839. The molecule has 1 aliphatic heterocycles. The number of halogens is 1.